The van der Waals surface area contributed by atoms with Crippen molar-refractivity contribution in [2.45, 2.75) is 18.4 Å². The van der Waals surface area contributed by atoms with Crippen LogP contribution in [0, 0.1) is 5.82 Å². The molecule has 2 rings (SSSR count). The molecule has 1 aliphatic rings. The maximum absolute atomic E-state index is 13.0. The smallest absolute Gasteiger partial charge is 0.125 e. The summed E-state index contributed by atoms with van der Waals surface area (Å²) in [7, 11) is 3.85. The maximum Gasteiger partial charge on any atom is 0.125 e. The summed E-state index contributed by atoms with van der Waals surface area (Å²) in [4.78, 5) is 1.93. The van der Waals surface area contributed by atoms with Crippen LogP contribution in [0.25, 0.3) is 0 Å². The molecule has 0 heterocycles. The molecule has 2 nitrogen and oxygen atoms in total. The van der Waals surface area contributed by atoms with Gasteiger partial charge in [0.1, 0.15) is 5.82 Å². The number of nitrogens with two attached hydrogens (primary N) is 1. The highest BCUT2D eigenvalue weighted by Gasteiger charge is 2.36. The number of hydrogen-bond acceptors (Lipinski definition) is 2. The molecule has 0 bridgehead atoms. The van der Waals surface area contributed by atoms with Crippen LogP contribution in [0.5, 0.6) is 0 Å². The lowest BCUT2D eigenvalue weighted by atomic mass is 10.1. The number of rotatable bonds is 2. The minimum Gasteiger partial charge on any atom is -0.377 e. The van der Waals surface area contributed by atoms with Crippen LogP contribution in [0.3, 0.4) is 0 Å². The van der Waals surface area contributed by atoms with Crippen LogP contribution < -0.4 is 10.6 Å². The Morgan fingerprint density at radius 1 is 1.43 bits per heavy atom. The average molecular weight is 194 g/mol. The van der Waals surface area contributed by atoms with Crippen LogP contribution in [-0.4, -0.2) is 20.1 Å². The number of halogens is 1. The van der Waals surface area contributed by atoms with Crippen molar-refractivity contribution in [1.82, 2.24) is 0 Å². The Morgan fingerprint density at radius 2 is 2.07 bits per heavy atom. The van der Waals surface area contributed by atoms with Crippen LogP contribution in [0.15, 0.2) is 18.2 Å². The summed E-state index contributed by atoms with van der Waals surface area (Å²) in [6.45, 7) is 0. The molecule has 14 heavy (non-hydrogen) atoms. The van der Waals surface area contributed by atoms with Gasteiger partial charge in [-0.15, -0.1) is 0 Å². The third-order valence-corrected chi connectivity index (χ3v) is 2.71. The van der Waals surface area contributed by atoms with E-state index < -0.39 is 0 Å². The van der Waals surface area contributed by atoms with E-state index in [-0.39, 0.29) is 11.9 Å². The number of benzene rings is 1. The van der Waals surface area contributed by atoms with E-state index in [1.54, 1.807) is 6.07 Å². The Hall–Kier alpha value is -1.09. The fraction of sp³-hybridized carbons (Fsp3) is 0.455. The van der Waals surface area contributed by atoms with E-state index in [1.165, 1.54) is 11.6 Å². The highest BCUT2D eigenvalue weighted by Crippen LogP contribution is 2.43. The molecular weight excluding hydrogens is 179 g/mol. The van der Waals surface area contributed by atoms with Crippen molar-refractivity contribution >= 4 is 5.69 Å². The largest absolute Gasteiger partial charge is 0.377 e. The van der Waals surface area contributed by atoms with Gasteiger partial charge in [0.05, 0.1) is 0 Å². The summed E-state index contributed by atoms with van der Waals surface area (Å²) in [5, 5.41) is 0. The van der Waals surface area contributed by atoms with E-state index in [2.05, 4.69) is 0 Å². The summed E-state index contributed by atoms with van der Waals surface area (Å²) >= 11 is 0. The van der Waals surface area contributed by atoms with Gasteiger partial charge >= 0.3 is 0 Å². The second-order valence-electron chi connectivity index (χ2n) is 4.10. The molecule has 0 unspecified atom stereocenters. The summed E-state index contributed by atoms with van der Waals surface area (Å²) in [5.74, 6) is 0.236. The standard InChI is InChI=1S/C11H15FN2/c1-14(2)11-5-7(12)3-4-8(11)9-6-10(9)13/h3-5,9-10H,6,13H2,1-2H3/t9-,10+/m0/s1. The lowest BCUT2D eigenvalue weighted by molar-refractivity contribution is 0.626. The Morgan fingerprint density at radius 3 is 2.57 bits per heavy atom. The van der Waals surface area contributed by atoms with Gasteiger partial charge < -0.3 is 10.6 Å². The molecule has 1 aromatic rings. The van der Waals surface area contributed by atoms with Gasteiger partial charge in [-0.25, -0.2) is 4.39 Å². The number of hydrogen-bond donors (Lipinski definition) is 1. The van der Waals surface area contributed by atoms with Crippen LogP contribution in [0.2, 0.25) is 0 Å². The topological polar surface area (TPSA) is 29.3 Å². The van der Waals surface area contributed by atoms with Crippen molar-refractivity contribution in [2.24, 2.45) is 5.73 Å². The average Bonchev–Trinajstić information content (AvgIpc) is 2.82. The van der Waals surface area contributed by atoms with Crippen molar-refractivity contribution < 1.29 is 4.39 Å². The molecule has 0 amide bonds. The summed E-state index contributed by atoms with van der Waals surface area (Å²) < 4.78 is 13.0. The third kappa shape index (κ3) is 1.60. The number of nitrogens with zero attached hydrogens (tertiary/aromatic N) is 1. The van der Waals surface area contributed by atoms with Gasteiger partial charge in [0.25, 0.3) is 0 Å². The quantitative estimate of drug-likeness (QED) is 0.776. The molecule has 0 aromatic heterocycles. The lowest BCUT2D eigenvalue weighted by Crippen LogP contribution is -2.12. The van der Waals surface area contributed by atoms with Gasteiger partial charge in [-0.05, 0) is 24.1 Å². The number of anilines is 1. The molecule has 0 aliphatic heterocycles. The highest BCUT2D eigenvalue weighted by molar-refractivity contribution is 5.56. The fourth-order valence-corrected chi connectivity index (χ4v) is 1.79. The Bertz CT molecular complexity index is 349. The minimum atomic E-state index is -0.188. The Labute approximate surface area is 83.5 Å². The molecule has 1 aromatic carbocycles. The Kier molecular flexibility index (Phi) is 2.19. The summed E-state index contributed by atoms with van der Waals surface area (Å²) in [6, 6.07) is 5.19. The molecule has 0 radical (unpaired) electrons. The molecular formula is C11H15FN2. The van der Waals surface area contributed by atoms with E-state index in [0.29, 0.717) is 5.92 Å². The van der Waals surface area contributed by atoms with Crippen molar-refractivity contribution in [1.29, 1.82) is 0 Å². The van der Waals surface area contributed by atoms with Crippen molar-refractivity contribution in [3.63, 3.8) is 0 Å². The van der Waals surface area contributed by atoms with Gasteiger partial charge in [-0.2, -0.15) is 0 Å². The summed E-state index contributed by atoms with van der Waals surface area (Å²) in [6.07, 6.45) is 1.02. The first-order valence-electron chi connectivity index (χ1n) is 4.82. The molecule has 1 saturated carbocycles. The van der Waals surface area contributed by atoms with E-state index in [0.717, 1.165) is 12.1 Å². The normalized spacial score (nSPS) is 24.9. The van der Waals surface area contributed by atoms with Gasteiger partial charge in [0.15, 0.2) is 0 Å². The molecule has 76 valence electrons. The second kappa shape index (κ2) is 3.24. The molecule has 2 atom stereocenters. The second-order valence-corrected chi connectivity index (χ2v) is 4.10. The molecule has 0 saturated heterocycles. The van der Waals surface area contributed by atoms with Crippen molar-refractivity contribution in [3.8, 4) is 0 Å². The van der Waals surface area contributed by atoms with Crippen LogP contribution >= 0.6 is 0 Å². The third-order valence-electron chi connectivity index (χ3n) is 2.71. The molecule has 1 fully saturated rings. The summed E-state index contributed by atoms with van der Waals surface area (Å²) in [5.41, 5.74) is 7.91. The molecule has 1 aliphatic carbocycles. The van der Waals surface area contributed by atoms with E-state index in [1.807, 2.05) is 25.1 Å². The Balaban J connectivity index is 2.38. The van der Waals surface area contributed by atoms with Crippen molar-refractivity contribution in [2.75, 3.05) is 19.0 Å². The maximum atomic E-state index is 13.0. The van der Waals surface area contributed by atoms with E-state index in [9.17, 15) is 4.39 Å². The van der Waals surface area contributed by atoms with Gasteiger partial charge in [-0.1, -0.05) is 6.07 Å². The van der Waals surface area contributed by atoms with Gasteiger partial charge in [-0.3, -0.25) is 0 Å². The molecule has 3 heteroatoms. The monoisotopic (exact) mass is 194 g/mol. The zero-order valence-electron chi connectivity index (χ0n) is 8.50. The SMILES string of the molecule is CN(C)c1cc(F)ccc1[C@@H]1C[C@H]1N. The molecule has 2 N–H and O–H groups in total. The lowest BCUT2D eigenvalue weighted by Gasteiger charge is -2.17. The van der Waals surface area contributed by atoms with Gasteiger partial charge in [0.2, 0.25) is 0 Å². The van der Waals surface area contributed by atoms with Crippen LogP contribution in [0.4, 0.5) is 10.1 Å². The highest BCUT2D eigenvalue weighted by atomic mass is 19.1. The van der Waals surface area contributed by atoms with E-state index in [4.69, 9.17) is 5.73 Å². The first-order chi connectivity index (χ1) is 6.59. The van der Waals surface area contributed by atoms with E-state index >= 15 is 0 Å². The first-order valence-corrected chi connectivity index (χ1v) is 4.82. The zero-order chi connectivity index (χ0) is 10.3. The predicted octanol–water partition coefficient (Wildman–Crippen LogP) is 1.71. The van der Waals surface area contributed by atoms with Crippen LogP contribution in [-0.2, 0) is 0 Å². The minimum absolute atomic E-state index is 0.188. The predicted molar refractivity (Wildman–Crippen MR) is 56.1 cm³/mol. The van der Waals surface area contributed by atoms with Crippen LogP contribution in [0.1, 0.15) is 17.9 Å². The fourth-order valence-electron chi connectivity index (χ4n) is 1.79. The van der Waals surface area contributed by atoms with Gasteiger partial charge in [0, 0.05) is 31.7 Å². The zero-order valence-corrected chi connectivity index (χ0v) is 8.50. The first kappa shape index (κ1) is 9.46. The molecule has 0 spiro atoms. The van der Waals surface area contributed by atoms with Crippen molar-refractivity contribution in [3.05, 3.63) is 29.6 Å².